The van der Waals surface area contributed by atoms with E-state index in [1.807, 2.05) is 0 Å². The molecule has 0 atom stereocenters. The normalized spacial score (nSPS) is 11.4. The van der Waals surface area contributed by atoms with Gasteiger partial charge in [-0.05, 0) is 24.6 Å². The maximum atomic E-state index is 14.0. The van der Waals surface area contributed by atoms with Crippen LogP contribution in [0.25, 0.3) is 5.69 Å². The Hall–Kier alpha value is -1.80. The quantitative estimate of drug-likeness (QED) is 0.870. The van der Waals surface area contributed by atoms with Crippen LogP contribution in [0.15, 0.2) is 16.9 Å². The Morgan fingerprint density at radius 1 is 1.43 bits per heavy atom. The van der Waals surface area contributed by atoms with Crippen LogP contribution in [0.3, 0.4) is 0 Å². The molecule has 114 valence electrons. The van der Waals surface area contributed by atoms with Gasteiger partial charge in [-0.25, -0.2) is 13.8 Å². The van der Waals surface area contributed by atoms with E-state index in [-0.39, 0.29) is 27.7 Å². The van der Waals surface area contributed by atoms with Gasteiger partial charge in [0, 0.05) is 12.1 Å². The van der Waals surface area contributed by atoms with Gasteiger partial charge in [0.1, 0.15) is 11.5 Å². The molecule has 0 aliphatic carbocycles. The minimum absolute atomic E-state index is 0.0788. The Labute approximate surface area is 122 Å². The summed E-state index contributed by atoms with van der Waals surface area (Å²) in [5.74, 6) is -1.07. The number of hydrogen-bond donors (Lipinski definition) is 0. The van der Waals surface area contributed by atoms with E-state index >= 15 is 0 Å². The van der Waals surface area contributed by atoms with Gasteiger partial charge >= 0.3 is 12.2 Å². The van der Waals surface area contributed by atoms with Crippen LogP contribution in [-0.4, -0.2) is 21.5 Å². The van der Waals surface area contributed by atoms with Crippen LogP contribution in [-0.2, 0) is 11.3 Å². The van der Waals surface area contributed by atoms with E-state index in [1.54, 1.807) is 0 Å². The summed E-state index contributed by atoms with van der Waals surface area (Å²) in [6.45, 7) is -1.75. The molecule has 1 aromatic carbocycles. The molecule has 0 spiro atoms. The summed E-state index contributed by atoms with van der Waals surface area (Å²) in [7, 11) is 1.42. The van der Waals surface area contributed by atoms with Gasteiger partial charge < -0.3 is 4.74 Å². The van der Waals surface area contributed by atoms with Gasteiger partial charge in [0.05, 0.1) is 6.61 Å². The highest BCUT2D eigenvalue weighted by molar-refractivity contribution is 6.31. The number of rotatable bonds is 4. The molecule has 2 rings (SSSR count). The third kappa shape index (κ3) is 2.81. The maximum absolute atomic E-state index is 14.0. The first kappa shape index (κ1) is 15.6. The Kier molecular flexibility index (Phi) is 4.38. The summed E-state index contributed by atoms with van der Waals surface area (Å²) in [4.78, 5) is 11.9. The van der Waals surface area contributed by atoms with Crippen molar-refractivity contribution in [3.05, 3.63) is 44.8 Å². The van der Waals surface area contributed by atoms with Crippen LogP contribution in [0.5, 0.6) is 0 Å². The smallest absolute Gasteiger partial charge is 0.355 e. The highest BCUT2D eigenvalue weighted by Crippen LogP contribution is 2.23. The van der Waals surface area contributed by atoms with Crippen molar-refractivity contribution in [2.45, 2.75) is 20.1 Å². The number of nitrogens with zero attached hydrogens (tertiary/aromatic N) is 3. The largest absolute Gasteiger partial charge is 0.380 e. The summed E-state index contributed by atoms with van der Waals surface area (Å²) >= 11 is 5.84. The zero-order valence-corrected chi connectivity index (χ0v) is 11.9. The van der Waals surface area contributed by atoms with Crippen LogP contribution in [0.2, 0.25) is 5.02 Å². The third-order valence-corrected chi connectivity index (χ3v) is 3.17. The Morgan fingerprint density at radius 3 is 2.62 bits per heavy atom. The standard InChI is InChI=1S/C12H11ClF3N3O2/c1-6-17-19(12(20)18(6)11(15)16)10-3-7(5-21-2)8(13)4-9(10)14/h3-4,11H,5H2,1-2H3. The van der Waals surface area contributed by atoms with E-state index in [4.69, 9.17) is 16.3 Å². The van der Waals surface area contributed by atoms with Crippen molar-refractivity contribution >= 4 is 11.6 Å². The molecule has 1 aromatic heterocycles. The van der Waals surface area contributed by atoms with Gasteiger partial charge in [-0.1, -0.05) is 11.6 Å². The first-order valence-corrected chi connectivity index (χ1v) is 6.18. The number of ether oxygens (including phenoxy) is 1. The third-order valence-electron chi connectivity index (χ3n) is 2.82. The van der Waals surface area contributed by atoms with Crippen molar-refractivity contribution in [2.75, 3.05) is 7.11 Å². The number of aromatic nitrogens is 3. The zero-order chi connectivity index (χ0) is 15.7. The van der Waals surface area contributed by atoms with Crippen molar-refractivity contribution in [2.24, 2.45) is 0 Å². The molecule has 1 heterocycles. The molecule has 2 aromatic rings. The van der Waals surface area contributed by atoms with E-state index in [2.05, 4.69) is 5.10 Å². The molecule has 21 heavy (non-hydrogen) atoms. The Bertz CT molecular complexity index is 727. The Morgan fingerprint density at radius 2 is 2.10 bits per heavy atom. The molecule has 0 saturated carbocycles. The van der Waals surface area contributed by atoms with Crippen molar-refractivity contribution in [3.63, 3.8) is 0 Å². The number of alkyl halides is 2. The molecule has 5 nitrogen and oxygen atoms in total. The molecular weight excluding hydrogens is 311 g/mol. The molecule has 0 amide bonds. The second kappa shape index (κ2) is 5.90. The fourth-order valence-electron chi connectivity index (χ4n) is 1.87. The molecule has 0 N–H and O–H groups in total. The first-order valence-electron chi connectivity index (χ1n) is 5.80. The lowest BCUT2D eigenvalue weighted by Gasteiger charge is -2.07. The lowest BCUT2D eigenvalue weighted by molar-refractivity contribution is 0.0640. The summed E-state index contributed by atoms with van der Waals surface area (Å²) in [5, 5.41) is 3.76. The Balaban J connectivity index is 2.65. The molecule has 9 heteroatoms. The number of halogens is 4. The highest BCUT2D eigenvalue weighted by atomic mass is 35.5. The summed E-state index contributed by atoms with van der Waals surface area (Å²) in [6, 6.07) is 2.22. The molecule has 0 fully saturated rings. The van der Waals surface area contributed by atoms with Gasteiger partial charge in [0.15, 0.2) is 5.82 Å². The highest BCUT2D eigenvalue weighted by Gasteiger charge is 2.21. The van der Waals surface area contributed by atoms with E-state index < -0.39 is 18.1 Å². The number of benzene rings is 1. The van der Waals surface area contributed by atoms with E-state index in [0.29, 0.717) is 10.2 Å². The topological polar surface area (TPSA) is 49.0 Å². The number of aryl methyl sites for hydroxylation is 1. The zero-order valence-electron chi connectivity index (χ0n) is 11.1. The second-order valence-corrected chi connectivity index (χ2v) is 4.62. The van der Waals surface area contributed by atoms with Crippen LogP contribution in [0, 0.1) is 12.7 Å². The predicted octanol–water partition coefficient (Wildman–Crippen LogP) is 2.68. The lowest BCUT2D eigenvalue weighted by atomic mass is 10.2. The average molecular weight is 322 g/mol. The monoisotopic (exact) mass is 321 g/mol. The van der Waals surface area contributed by atoms with Crippen molar-refractivity contribution in [1.82, 2.24) is 14.3 Å². The summed E-state index contributed by atoms with van der Waals surface area (Å²) < 4.78 is 45.1. The van der Waals surface area contributed by atoms with Crippen LogP contribution < -0.4 is 5.69 Å². The molecule has 0 aliphatic rings. The molecule has 0 bridgehead atoms. The predicted molar refractivity (Wildman–Crippen MR) is 69.5 cm³/mol. The molecule has 0 aliphatic heterocycles. The van der Waals surface area contributed by atoms with Crippen LogP contribution in [0.1, 0.15) is 17.9 Å². The van der Waals surface area contributed by atoms with E-state index in [0.717, 1.165) is 6.07 Å². The molecule has 0 unspecified atom stereocenters. The average Bonchev–Trinajstić information content (AvgIpc) is 2.68. The number of methoxy groups -OCH3 is 1. The molecular formula is C12H11ClF3N3O2. The molecule has 0 radical (unpaired) electrons. The summed E-state index contributed by atoms with van der Waals surface area (Å²) in [6.07, 6.45) is 0. The molecule has 0 saturated heterocycles. The van der Waals surface area contributed by atoms with Gasteiger partial charge in [-0.3, -0.25) is 0 Å². The van der Waals surface area contributed by atoms with Gasteiger partial charge in [0.2, 0.25) is 0 Å². The minimum atomic E-state index is -3.06. The minimum Gasteiger partial charge on any atom is -0.380 e. The van der Waals surface area contributed by atoms with Gasteiger partial charge in [-0.15, -0.1) is 5.10 Å². The first-order chi connectivity index (χ1) is 9.86. The van der Waals surface area contributed by atoms with Crippen molar-refractivity contribution < 1.29 is 17.9 Å². The summed E-state index contributed by atoms with van der Waals surface area (Å²) in [5.41, 5.74) is -0.988. The SMILES string of the molecule is COCc1cc(-n2nc(C)n(C(F)F)c2=O)c(F)cc1Cl. The maximum Gasteiger partial charge on any atom is 0.355 e. The lowest BCUT2D eigenvalue weighted by Crippen LogP contribution is -2.25. The van der Waals surface area contributed by atoms with Gasteiger partial charge in [0.25, 0.3) is 0 Å². The van der Waals surface area contributed by atoms with Gasteiger partial charge in [-0.2, -0.15) is 13.5 Å². The van der Waals surface area contributed by atoms with Crippen LogP contribution in [0.4, 0.5) is 13.2 Å². The fraction of sp³-hybridized carbons (Fsp3) is 0.333. The van der Waals surface area contributed by atoms with Crippen molar-refractivity contribution in [1.29, 1.82) is 0 Å². The number of hydrogen-bond acceptors (Lipinski definition) is 3. The fourth-order valence-corrected chi connectivity index (χ4v) is 2.07. The van der Waals surface area contributed by atoms with E-state index in [1.165, 1.54) is 20.1 Å². The second-order valence-electron chi connectivity index (χ2n) is 4.22. The van der Waals surface area contributed by atoms with Crippen molar-refractivity contribution in [3.8, 4) is 5.69 Å². The van der Waals surface area contributed by atoms with E-state index in [9.17, 15) is 18.0 Å². The van der Waals surface area contributed by atoms with Crippen LogP contribution >= 0.6 is 11.6 Å².